The summed E-state index contributed by atoms with van der Waals surface area (Å²) in [6, 6.07) is 7.15. The lowest BCUT2D eigenvalue weighted by Crippen LogP contribution is -2.44. The van der Waals surface area contributed by atoms with E-state index in [1.165, 1.54) is 0 Å². The van der Waals surface area contributed by atoms with Gasteiger partial charge in [-0.05, 0) is 18.6 Å². The molecule has 0 saturated heterocycles. The Hall–Kier alpha value is -1.56. The first-order valence-electron chi connectivity index (χ1n) is 5.15. The molecule has 0 aliphatic carbocycles. The summed E-state index contributed by atoms with van der Waals surface area (Å²) in [4.78, 5) is 11.1. The zero-order chi connectivity index (χ0) is 13.1. The van der Waals surface area contributed by atoms with Gasteiger partial charge >= 0.3 is 5.97 Å². The first kappa shape index (κ1) is 13.5. The molecule has 17 heavy (non-hydrogen) atoms. The van der Waals surface area contributed by atoms with Crippen LogP contribution in [0.25, 0.3) is 0 Å². The molecule has 0 aromatic heterocycles. The number of sulfonamides is 1. The molecule has 1 rings (SSSR count). The highest BCUT2D eigenvalue weighted by Gasteiger charge is 2.30. The van der Waals surface area contributed by atoms with Crippen LogP contribution in [0, 0.1) is 0 Å². The van der Waals surface area contributed by atoms with Crippen molar-refractivity contribution in [2.75, 3.05) is 10.6 Å². The van der Waals surface area contributed by atoms with Gasteiger partial charge in [0, 0.05) is 0 Å². The summed E-state index contributed by atoms with van der Waals surface area (Å²) in [7, 11) is -3.62. The van der Waals surface area contributed by atoms with E-state index in [9.17, 15) is 13.2 Å². The third kappa shape index (κ3) is 3.20. The monoisotopic (exact) mass is 257 g/mol. The van der Waals surface area contributed by atoms with Gasteiger partial charge in [0.15, 0.2) is 0 Å². The maximum atomic E-state index is 11.7. The Morgan fingerprint density at radius 1 is 1.35 bits per heavy atom. The number of benzene rings is 1. The van der Waals surface area contributed by atoms with Crippen molar-refractivity contribution in [2.24, 2.45) is 0 Å². The number of aliphatic carboxylic acids is 1. The molecule has 0 fully saturated rings. The third-order valence-electron chi connectivity index (χ3n) is 2.32. The van der Waals surface area contributed by atoms with Crippen LogP contribution in [-0.4, -0.2) is 31.8 Å². The van der Waals surface area contributed by atoms with Gasteiger partial charge < -0.3 is 5.11 Å². The molecule has 0 heterocycles. The maximum absolute atomic E-state index is 11.7. The normalized spacial score (nSPS) is 13.1. The van der Waals surface area contributed by atoms with Gasteiger partial charge in [-0.3, -0.25) is 4.31 Å². The van der Waals surface area contributed by atoms with Crippen molar-refractivity contribution in [1.29, 1.82) is 0 Å². The van der Waals surface area contributed by atoms with Crippen LogP contribution >= 0.6 is 0 Å². The average Bonchev–Trinajstić information content (AvgIpc) is 2.24. The van der Waals surface area contributed by atoms with Gasteiger partial charge in [0.05, 0.1) is 11.9 Å². The van der Waals surface area contributed by atoms with E-state index < -0.39 is 22.0 Å². The van der Waals surface area contributed by atoms with Gasteiger partial charge in [-0.1, -0.05) is 25.1 Å². The summed E-state index contributed by atoms with van der Waals surface area (Å²) in [5, 5.41) is 9.06. The molecule has 1 N–H and O–H groups in total. The van der Waals surface area contributed by atoms with Crippen molar-refractivity contribution in [3.63, 3.8) is 0 Å². The zero-order valence-electron chi connectivity index (χ0n) is 9.70. The fourth-order valence-electron chi connectivity index (χ4n) is 1.62. The third-order valence-corrected chi connectivity index (χ3v) is 3.50. The van der Waals surface area contributed by atoms with Gasteiger partial charge in [-0.15, -0.1) is 0 Å². The highest BCUT2D eigenvalue weighted by atomic mass is 32.2. The van der Waals surface area contributed by atoms with E-state index in [4.69, 9.17) is 5.11 Å². The highest BCUT2D eigenvalue weighted by Crippen LogP contribution is 2.21. The molecule has 1 aromatic rings. The van der Waals surface area contributed by atoms with Crippen LogP contribution in [0.2, 0.25) is 0 Å². The Bertz CT molecular complexity index is 483. The van der Waals surface area contributed by atoms with Gasteiger partial charge in [-0.25, -0.2) is 13.2 Å². The van der Waals surface area contributed by atoms with Crippen LogP contribution in [0.4, 0.5) is 5.69 Å². The number of nitrogens with zero attached hydrogens (tertiary/aromatic N) is 1. The van der Waals surface area contributed by atoms with Gasteiger partial charge in [-0.2, -0.15) is 0 Å². The van der Waals surface area contributed by atoms with Crippen molar-refractivity contribution < 1.29 is 18.3 Å². The van der Waals surface area contributed by atoms with Crippen LogP contribution in [0.1, 0.15) is 13.3 Å². The summed E-state index contributed by atoms with van der Waals surface area (Å²) in [6.07, 6.45) is 1.21. The average molecular weight is 257 g/mol. The molecule has 1 aromatic carbocycles. The molecule has 0 unspecified atom stereocenters. The quantitative estimate of drug-likeness (QED) is 0.863. The van der Waals surface area contributed by atoms with E-state index in [-0.39, 0.29) is 6.42 Å². The number of carboxylic acid groups (broad SMARTS) is 1. The van der Waals surface area contributed by atoms with E-state index in [1.54, 1.807) is 37.3 Å². The Morgan fingerprint density at radius 2 is 1.88 bits per heavy atom. The Balaban J connectivity index is 3.28. The summed E-state index contributed by atoms with van der Waals surface area (Å²) >= 11 is 0. The SMILES string of the molecule is CC[C@H](C(=O)O)N(c1ccccc1)S(C)(=O)=O. The Morgan fingerprint density at radius 3 is 2.24 bits per heavy atom. The number of carboxylic acids is 1. The topological polar surface area (TPSA) is 74.7 Å². The van der Waals surface area contributed by atoms with Crippen LogP contribution in [-0.2, 0) is 14.8 Å². The number of hydrogen-bond acceptors (Lipinski definition) is 3. The number of rotatable bonds is 5. The molecule has 0 aliphatic heterocycles. The number of anilines is 1. The standard InChI is InChI=1S/C11H15NO4S/c1-3-10(11(13)14)12(17(2,15)16)9-7-5-4-6-8-9/h4-8,10H,3H2,1-2H3,(H,13,14)/t10-/m1/s1. The molecule has 0 spiro atoms. The second-order valence-corrected chi connectivity index (χ2v) is 5.52. The van der Waals surface area contributed by atoms with E-state index in [1.807, 2.05) is 0 Å². The molecule has 1 atom stereocenters. The van der Waals surface area contributed by atoms with Crippen LogP contribution in [0.15, 0.2) is 30.3 Å². The van der Waals surface area contributed by atoms with Crippen LogP contribution in [0.3, 0.4) is 0 Å². The maximum Gasteiger partial charge on any atom is 0.327 e. The molecule has 5 nitrogen and oxygen atoms in total. The molecule has 0 aliphatic rings. The summed E-state index contributed by atoms with van der Waals surface area (Å²) in [5.41, 5.74) is 0.365. The van der Waals surface area contributed by atoms with Crippen molar-refractivity contribution in [2.45, 2.75) is 19.4 Å². The van der Waals surface area contributed by atoms with Crippen LogP contribution in [0.5, 0.6) is 0 Å². The molecule has 94 valence electrons. The van der Waals surface area contributed by atoms with E-state index in [2.05, 4.69) is 0 Å². The second-order valence-electron chi connectivity index (χ2n) is 3.66. The lowest BCUT2D eigenvalue weighted by atomic mass is 10.2. The minimum atomic E-state index is -3.62. The number of para-hydroxylation sites is 1. The molecule has 0 radical (unpaired) electrons. The molecular formula is C11H15NO4S. The van der Waals surface area contributed by atoms with Gasteiger partial charge in [0.2, 0.25) is 10.0 Å². The van der Waals surface area contributed by atoms with E-state index in [0.717, 1.165) is 10.6 Å². The van der Waals surface area contributed by atoms with Crippen molar-refractivity contribution in [3.8, 4) is 0 Å². The number of carbonyl (C=O) groups is 1. The fraction of sp³-hybridized carbons (Fsp3) is 0.364. The lowest BCUT2D eigenvalue weighted by Gasteiger charge is -2.27. The van der Waals surface area contributed by atoms with E-state index >= 15 is 0 Å². The summed E-state index contributed by atoms with van der Waals surface area (Å²) < 4.78 is 24.3. The molecule has 6 heteroatoms. The zero-order valence-corrected chi connectivity index (χ0v) is 10.5. The molecule has 0 bridgehead atoms. The predicted octanol–water partition coefficient (Wildman–Crippen LogP) is 1.32. The fourth-order valence-corrected chi connectivity index (χ4v) is 2.82. The minimum absolute atomic E-state index is 0.206. The van der Waals surface area contributed by atoms with Gasteiger partial charge in [0.25, 0.3) is 0 Å². The van der Waals surface area contributed by atoms with Crippen molar-refractivity contribution in [1.82, 2.24) is 0 Å². The first-order valence-corrected chi connectivity index (χ1v) is 7.00. The lowest BCUT2D eigenvalue weighted by molar-refractivity contribution is -0.138. The Labute approximate surface area is 101 Å². The molecule has 0 saturated carbocycles. The summed E-state index contributed by atoms with van der Waals surface area (Å²) in [5.74, 6) is -1.15. The first-order chi connectivity index (χ1) is 7.88. The number of hydrogen-bond donors (Lipinski definition) is 1. The van der Waals surface area contributed by atoms with E-state index in [0.29, 0.717) is 5.69 Å². The van der Waals surface area contributed by atoms with Crippen LogP contribution < -0.4 is 4.31 Å². The Kier molecular flexibility index (Phi) is 4.11. The van der Waals surface area contributed by atoms with Crippen molar-refractivity contribution >= 4 is 21.7 Å². The summed E-state index contributed by atoms with van der Waals surface area (Å²) in [6.45, 7) is 1.64. The van der Waals surface area contributed by atoms with Gasteiger partial charge in [0.1, 0.15) is 6.04 Å². The largest absolute Gasteiger partial charge is 0.480 e. The smallest absolute Gasteiger partial charge is 0.327 e. The molecule has 0 amide bonds. The molecular weight excluding hydrogens is 242 g/mol. The minimum Gasteiger partial charge on any atom is -0.480 e. The van der Waals surface area contributed by atoms with Crippen molar-refractivity contribution in [3.05, 3.63) is 30.3 Å². The second kappa shape index (κ2) is 5.18. The predicted molar refractivity (Wildman–Crippen MR) is 65.5 cm³/mol. The highest BCUT2D eigenvalue weighted by molar-refractivity contribution is 7.92.